The molecule has 1 atom stereocenters. The Morgan fingerprint density at radius 2 is 1.48 bits per heavy atom. The van der Waals surface area contributed by atoms with Crippen molar-refractivity contribution in [2.45, 2.75) is 52.1 Å². The lowest BCUT2D eigenvalue weighted by Gasteiger charge is -2.33. The van der Waals surface area contributed by atoms with E-state index in [1.165, 1.54) is 17.0 Å². The van der Waals surface area contributed by atoms with Gasteiger partial charge in [0.25, 0.3) is 10.0 Å². The van der Waals surface area contributed by atoms with Crippen molar-refractivity contribution in [3.8, 4) is 0 Å². The highest BCUT2D eigenvalue weighted by Gasteiger charge is 2.33. The van der Waals surface area contributed by atoms with E-state index >= 15 is 0 Å². The monoisotopic (exact) mass is 603 g/mol. The van der Waals surface area contributed by atoms with E-state index in [9.17, 15) is 18.0 Å². The third kappa shape index (κ3) is 7.36. The van der Waals surface area contributed by atoms with E-state index in [1.54, 1.807) is 55.5 Å². The lowest BCUT2D eigenvalue weighted by Crippen LogP contribution is -2.51. The number of amides is 2. The van der Waals surface area contributed by atoms with Gasteiger partial charge in [-0.25, -0.2) is 8.42 Å². The Morgan fingerprint density at radius 1 is 0.875 bits per heavy atom. The molecule has 7 nitrogen and oxygen atoms in total. The molecular weight excluding hydrogens is 569 g/mol. The van der Waals surface area contributed by atoms with Gasteiger partial charge in [0.1, 0.15) is 12.6 Å². The van der Waals surface area contributed by atoms with Crippen LogP contribution in [0.1, 0.15) is 37.5 Å². The third-order valence-corrected chi connectivity index (χ3v) is 9.18. The molecule has 0 aromatic heterocycles. The molecule has 0 fully saturated rings. The summed E-state index contributed by atoms with van der Waals surface area (Å²) in [5.41, 5.74) is 2.44. The fraction of sp³-hybridized carbons (Fsp3) is 0.333. The maximum Gasteiger partial charge on any atom is 0.264 e. The second-order valence-electron chi connectivity index (χ2n) is 10.1. The van der Waals surface area contributed by atoms with Gasteiger partial charge in [-0.15, -0.1) is 0 Å². The largest absolute Gasteiger partial charge is 0.354 e. The number of nitrogens with one attached hydrogen (secondary N) is 1. The normalized spacial score (nSPS) is 12.2. The fourth-order valence-electron chi connectivity index (χ4n) is 4.13. The van der Waals surface area contributed by atoms with Gasteiger partial charge in [-0.3, -0.25) is 13.9 Å². The molecule has 0 spiro atoms. The predicted octanol–water partition coefficient (Wildman–Crippen LogP) is 6.00. The van der Waals surface area contributed by atoms with Crippen molar-refractivity contribution in [2.75, 3.05) is 17.4 Å². The quantitative estimate of drug-likeness (QED) is 0.291. The number of aryl methyl sites for hydroxylation is 1. The Hall–Kier alpha value is -3.07. The minimum Gasteiger partial charge on any atom is -0.354 e. The second kappa shape index (κ2) is 13.5. The average Bonchev–Trinajstić information content (AvgIpc) is 2.92. The standard InChI is InChI=1S/C30H35Cl2N3O4S/c1-20(2)17-33-30(37)23(5)34(18-25-26(31)14-10-15-27(25)32)29(36)19-35(28-16-9-11-21(3)22(28)4)40(38,39)24-12-7-6-8-13-24/h6-16,20,23H,17-19H2,1-5H3,(H,33,37)/t23-/m0/s1. The molecule has 3 rings (SSSR count). The zero-order valence-corrected chi connectivity index (χ0v) is 25.6. The summed E-state index contributed by atoms with van der Waals surface area (Å²) in [6.07, 6.45) is 0. The molecule has 0 bridgehead atoms. The molecule has 0 radical (unpaired) electrons. The minimum absolute atomic E-state index is 0.0483. The van der Waals surface area contributed by atoms with Crippen molar-refractivity contribution in [1.82, 2.24) is 10.2 Å². The number of anilines is 1. The SMILES string of the molecule is Cc1cccc(N(CC(=O)N(Cc2c(Cl)cccc2Cl)[C@@H](C)C(=O)NCC(C)C)S(=O)(=O)c2ccccc2)c1C. The summed E-state index contributed by atoms with van der Waals surface area (Å²) in [5.74, 6) is -0.743. The zero-order valence-electron chi connectivity index (χ0n) is 23.3. The van der Waals surface area contributed by atoms with Gasteiger partial charge in [-0.1, -0.05) is 73.4 Å². The lowest BCUT2D eigenvalue weighted by molar-refractivity contribution is -0.139. The highest BCUT2D eigenvalue weighted by Crippen LogP contribution is 2.30. The van der Waals surface area contributed by atoms with Crippen LogP contribution in [0.3, 0.4) is 0 Å². The van der Waals surface area contributed by atoms with Gasteiger partial charge in [0, 0.05) is 28.7 Å². The maximum atomic E-state index is 14.1. The number of benzene rings is 3. The number of sulfonamides is 1. The Bertz CT molecular complexity index is 1440. The summed E-state index contributed by atoms with van der Waals surface area (Å²) in [6, 6.07) is 17.3. The van der Waals surface area contributed by atoms with Crippen LogP contribution in [-0.2, 0) is 26.2 Å². The van der Waals surface area contributed by atoms with Crippen LogP contribution in [-0.4, -0.2) is 44.3 Å². The van der Waals surface area contributed by atoms with Crippen molar-refractivity contribution < 1.29 is 18.0 Å². The highest BCUT2D eigenvalue weighted by molar-refractivity contribution is 7.92. The summed E-state index contributed by atoms with van der Waals surface area (Å²) in [6.45, 7) is 9.03. The summed E-state index contributed by atoms with van der Waals surface area (Å²) in [7, 11) is -4.15. The van der Waals surface area contributed by atoms with E-state index in [-0.39, 0.29) is 23.3 Å². The third-order valence-electron chi connectivity index (χ3n) is 6.70. The molecule has 214 valence electrons. The van der Waals surface area contributed by atoms with E-state index < -0.39 is 28.5 Å². The van der Waals surface area contributed by atoms with Crippen molar-refractivity contribution in [2.24, 2.45) is 5.92 Å². The number of rotatable bonds is 11. The van der Waals surface area contributed by atoms with Gasteiger partial charge >= 0.3 is 0 Å². The van der Waals surface area contributed by atoms with E-state index in [1.807, 2.05) is 33.8 Å². The van der Waals surface area contributed by atoms with Gasteiger partial charge in [0.2, 0.25) is 11.8 Å². The number of nitrogens with zero attached hydrogens (tertiary/aromatic N) is 2. The molecule has 10 heteroatoms. The first-order chi connectivity index (χ1) is 18.8. The van der Waals surface area contributed by atoms with Crippen LogP contribution in [0.25, 0.3) is 0 Å². The van der Waals surface area contributed by atoms with Crippen molar-refractivity contribution in [1.29, 1.82) is 0 Å². The number of hydrogen-bond acceptors (Lipinski definition) is 4. The van der Waals surface area contributed by atoms with Crippen LogP contribution in [0, 0.1) is 19.8 Å². The van der Waals surface area contributed by atoms with Crippen LogP contribution >= 0.6 is 23.2 Å². The summed E-state index contributed by atoms with van der Waals surface area (Å²) < 4.78 is 29.0. The van der Waals surface area contributed by atoms with Crippen LogP contribution < -0.4 is 9.62 Å². The first kappa shape index (κ1) is 31.5. The summed E-state index contributed by atoms with van der Waals surface area (Å²) >= 11 is 12.9. The van der Waals surface area contributed by atoms with Gasteiger partial charge in [-0.2, -0.15) is 0 Å². The van der Waals surface area contributed by atoms with Crippen LogP contribution in [0.2, 0.25) is 10.0 Å². The summed E-state index contributed by atoms with van der Waals surface area (Å²) in [4.78, 5) is 28.6. The van der Waals surface area contributed by atoms with Crippen molar-refractivity contribution >= 4 is 50.7 Å². The van der Waals surface area contributed by atoms with Gasteiger partial charge < -0.3 is 10.2 Å². The van der Waals surface area contributed by atoms with Crippen LogP contribution in [0.15, 0.2) is 71.6 Å². The molecule has 3 aromatic rings. The molecule has 0 aliphatic rings. The fourth-order valence-corrected chi connectivity index (χ4v) is 6.14. The Balaban J connectivity index is 2.08. The molecule has 0 aliphatic heterocycles. The first-order valence-corrected chi connectivity index (χ1v) is 15.2. The Kier molecular flexibility index (Phi) is 10.6. The molecule has 1 N–H and O–H groups in total. The molecular formula is C30H35Cl2N3O4S. The molecule has 0 saturated heterocycles. The maximum absolute atomic E-state index is 14.1. The van der Waals surface area contributed by atoms with Crippen molar-refractivity contribution in [3.05, 3.63) is 93.5 Å². The second-order valence-corrected chi connectivity index (χ2v) is 12.8. The Labute approximate surface area is 247 Å². The van der Waals surface area contributed by atoms with Gasteiger partial charge in [0.15, 0.2) is 0 Å². The van der Waals surface area contributed by atoms with Gasteiger partial charge in [-0.05, 0) is 68.1 Å². The van der Waals surface area contributed by atoms with Crippen LogP contribution in [0.4, 0.5) is 5.69 Å². The van der Waals surface area contributed by atoms with Crippen LogP contribution in [0.5, 0.6) is 0 Å². The van der Waals surface area contributed by atoms with E-state index in [0.29, 0.717) is 27.8 Å². The lowest BCUT2D eigenvalue weighted by atomic mass is 10.1. The zero-order chi connectivity index (χ0) is 29.6. The molecule has 0 saturated carbocycles. The number of carbonyl (C=O) groups excluding carboxylic acids is 2. The predicted molar refractivity (Wildman–Crippen MR) is 161 cm³/mol. The first-order valence-electron chi connectivity index (χ1n) is 13.0. The number of halogens is 2. The smallest absolute Gasteiger partial charge is 0.264 e. The topological polar surface area (TPSA) is 86.8 Å². The summed E-state index contributed by atoms with van der Waals surface area (Å²) in [5, 5.41) is 3.53. The van der Waals surface area contributed by atoms with E-state index in [4.69, 9.17) is 23.2 Å². The molecule has 0 heterocycles. The average molecular weight is 605 g/mol. The number of carbonyl (C=O) groups is 2. The molecule has 40 heavy (non-hydrogen) atoms. The Morgan fingerprint density at radius 3 is 2.08 bits per heavy atom. The minimum atomic E-state index is -4.15. The molecule has 0 aliphatic carbocycles. The van der Waals surface area contributed by atoms with Gasteiger partial charge in [0.05, 0.1) is 10.6 Å². The molecule has 3 aromatic carbocycles. The van der Waals surface area contributed by atoms with Crippen molar-refractivity contribution in [3.63, 3.8) is 0 Å². The highest BCUT2D eigenvalue weighted by atomic mass is 35.5. The van der Waals surface area contributed by atoms with E-state index in [0.717, 1.165) is 15.4 Å². The number of hydrogen-bond donors (Lipinski definition) is 1. The van der Waals surface area contributed by atoms with E-state index in [2.05, 4.69) is 5.32 Å². The molecule has 0 unspecified atom stereocenters. The molecule has 2 amide bonds.